The minimum absolute atomic E-state index is 0.236. The molecule has 0 aliphatic carbocycles. The number of ether oxygens (including phenoxy) is 1. The Kier molecular flexibility index (Phi) is 5.91. The Hall–Kier alpha value is -3.08. The highest BCUT2D eigenvalue weighted by Crippen LogP contribution is 2.20. The van der Waals surface area contributed by atoms with Crippen molar-refractivity contribution in [3.8, 4) is 5.75 Å². The highest BCUT2D eigenvalue weighted by molar-refractivity contribution is 5.93. The van der Waals surface area contributed by atoms with Crippen molar-refractivity contribution >= 4 is 5.91 Å². The van der Waals surface area contributed by atoms with Gasteiger partial charge in [0.1, 0.15) is 18.1 Å². The van der Waals surface area contributed by atoms with Gasteiger partial charge in [0.2, 0.25) is 0 Å². The molecular weight excluding hydrogens is 340 g/mol. The van der Waals surface area contributed by atoms with Gasteiger partial charge in [-0.15, -0.1) is 0 Å². The number of hydrogen-bond donors (Lipinski definition) is 1. The molecule has 0 atom stereocenters. The zero-order valence-corrected chi connectivity index (χ0v) is 15.9. The molecule has 0 radical (unpaired) electrons. The Labute approximate surface area is 159 Å². The Morgan fingerprint density at radius 2 is 1.78 bits per heavy atom. The Morgan fingerprint density at radius 3 is 2.48 bits per heavy atom. The van der Waals surface area contributed by atoms with Gasteiger partial charge in [0.15, 0.2) is 5.69 Å². The second-order valence-corrected chi connectivity index (χ2v) is 6.67. The largest absolute Gasteiger partial charge is 0.489 e. The van der Waals surface area contributed by atoms with Gasteiger partial charge in [0.05, 0.1) is 5.56 Å². The number of nitrogens with one attached hydrogen (secondary N) is 1. The molecule has 0 aliphatic rings. The molecule has 1 heterocycles. The molecule has 27 heavy (non-hydrogen) atoms. The lowest BCUT2D eigenvalue weighted by Crippen LogP contribution is -2.27. The molecule has 0 spiro atoms. The fourth-order valence-corrected chi connectivity index (χ4v) is 2.96. The fraction of sp³-hybridized carbons (Fsp3) is 0.273. The van der Waals surface area contributed by atoms with Gasteiger partial charge >= 0.3 is 0 Å². The summed E-state index contributed by atoms with van der Waals surface area (Å²) in [5.74, 6) is 1.11. The van der Waals surface area contributed by atoms with Crippen molar-refractivity contribution in [3.63, 3.8) is 0 Å². The van der Waals surface area contributed by atoms with Crippen LogP contribution >= 0.6 is 0 Å². The first-order valence-corrected chi connectivity index (χ1v) is 9.01. The van der Waals surface area contributed by atoms with E-state index >= 15 is 0 Å². The summed E-state index contributed by atoms with van der Waals surface area (Å²) in [6, 6.07) is 16.0. The quantitative estimate of drug-likeness (QED) is 0.684. The third-order valence-corrected chi connectivity index (χ3v) is 4.32. The van der Waals surface area contributed by atoms with Crippen molar-refractivity contribution in [2.24, 2.45) is 0 Å². The SMILES string of the molecule is Cc1cc(C)cc(OCc2c(C(=O)NCCc3ccccc3)noc2C)c1. The molecule has 1 N–H and O–H groups in total. The number of carbonyl (C=O) groups is 1. The van der Waals surface area contributed by atoms with E-state index in [9.17, 15) is 4.79 Å². The summed E-state index contributed by atoms with van der Waals surface area (Å²) in [4.78, 5) is 12.5. The first kappa shape index (κ1) is 18.7. The van der Waals surface area contributed by atoms with Gasteiger partial charge in [-0.1, -0.05) is 41.6 Å². The van der Waals surface area contributed by atoms with Crippen LogP contribution in [0.1, 0.15) is 38.5 Å². The van der Waals surface area contributed by atoms with Crippen LogP contribution in [0.5, 0.6) is 5.75 Å². The van der Waals surface area contributed by atoms with Crippen LogP contribution in [0.4, 0.5) is 0 Å². The molecule has 3 rings (SSSR count). The number of aromatic nitrogens is 1. The van der Waals surface area contributed by atoms with Crippen LogP contribution in [-0.4, -0.2) is 17.6 Å². The number of benzene rings is 2. The normalized spacial score (nSPS) is 10.6. The average molecular weight is 364 g/mol. The molecule has 2 aromatic carbocycles. The summed E-state index contributed by atoms with van der Waals surface area (Å²) in [6.45, 7) is 6.60. The van der Waals surface area contributed by atoms with E-state index in [0.29, 0.717) is 17.9 Å². The number of rotatable bonds is 7. The lowest BCUT2D eigenvalue weighted by Gasteiger charge is -2.09. The maximum atomic E-state index is 12.5. The number of aryl methyl sites for hydroxylation is 3. The van der Waals surface area contributed by atoms with E-state index in [4.69, 9.17) is 9.26 Å². The van der Waals surface area contributed by atoms with Gasteiger partial charge in [-0.3, -0.25) is 4.79 Å². The van der Waals surface area contributed by atoms with E-state index in [-0.39, 0.29) is 18.2 Å². The lowest BCUT2D eigenvalue weighted by molar-refractivity contribution is 0.0943. The molecule has 0 saturated heterocycles. The van der Waals surface area contributed by atoms with Crippen LogP contribution < -0.4 is 10.1 Å². The second-order valence-electron chi connectivity index (χ2n) is 6.67. The van der Waals surface area contributed by atoms with Crippen molar-refractivity contribution in [1.82, 2.24) is 10.5 Å². The zero-order valence-electron chi connectivity index (χ0n) is 15.9. The summed E-state index contributed by atoms with van der Waals surface area (Å²) < 4.78 is 11.1. The predicted octanol–water partition coefficient (Wildman–Crippen LogP) is 4.15. The molecule has 0 bridgehead atoms. The molecule has 5 heteroatoms. The van der Waals surface area contributed by atoms with Crippen molar-refractivity contribution in [1.29, 1.82) is 0 Å². The van der Waals surface area contributed by atoms with Crippen LogP contribution in [0.2, 0.25) is 0 Å². The minimum Gasteiger partial charge on any atom is -0.489 e. The predicted molar refractivity (Wildman–Crippen MR) is 104 cm³/mol. The molecule has 3 aromatic rings. The summed E-state index contributed by atoms with van der Waals surface area (Å²) in [7, 11) is 0. The van der Waals surface area contributed by atoms with E-state index in [0.717, 1.165) is 23.3 Å². The third kappa shape index (κ3) is 4.97. The number of carbonyl (C=O) groups excluding carboxylic acids is 1. The van der Waals surface area contributed by atoms with Gasteiger partial charge in [-0.2, -0.15) is 0 Å². The van der Waals surface area contributed by atoms with Crippen LogP contribution in [0, 0.1) is 20.8 Å². The van der Waals surface area contributed by atoms with Gasteiger partial charge in [0.25, 0.3) is 5.91 Å². The highest BCUT2D eigenvalue weighted by atomic mass is 16.5. The van der Waals surface area contributed by atoms with Crippen LogP contribution in [-0.2, 0) is 13.0 Å². The third-order valence-electron chi connectivity index (χ3n) is 4.32. The molecule has 1 amide bonds. The summed E-state index contributed by atoms with van der Waals surface area (Å²) >= 11 is 0. The van der Waals surface area contributed by atoms with E-state index in [1.54, 1.807) is 6.92 Å². The molecule has 140 valence electrons. The van der Waals surface area contributed by atoms with Gasteiger partial charge in [-0.05, 0) is 56.0 Å². The molecular formula is C22H24N2O3. The molecule has 1 aromatic heterocycles. The number of hydrogen-bond acceptors (Lipinski definition) is 4. The standard InChI is InChI=1S/C22H24N2O3/c1-15-11-16(2)13-19(12-15)26-14-20-17(3)27-24-21(20)22(25)23-10-9-18-7-5-4-6-8-18/h4-8,11-13H,9-10,14H2,1-3H3,(H,23,25). The van der Waals surface area contributed by atoms with E-state index in [1.807, 2.05) is 56.3 Å². The Bertz CT molecular complexity index is 896. The molecule has 5 nitrogen and oxygen atoms in total. The van der Waals surface area contributed by atoms with Crippen molar-refractivity contribution in [2.75, 3.05) is 6.54 Å². The highest BCUT2D eigenvalue weighted by Gasteiger charge is 2.20. The average Bonchev–Trinajstić information content (AvgIpc) is 3.01. The minimum atomic E-state index is -0.248. The van der Waals surface area contributed by atoms with E-state index in [1.165, 1.54) is 5.56 Å². The molecule has 0 aliphatic heterocycles. The maximum absolute atomic E-state index is 12.5. The zero-order chi connectivity index (χ0) is 19.2. The van der Waals surface area contributed by atoms with E-state index < -0.39 is 0 Å². The maximum Gasteiger partial charge on any atom is 0.273 e. The van der Waals surface area contributed by atoms with Gasteiger partial charge in [-0.25, -0.2) is 0 Å². The molecule has 0 fully saturated rings. The first-order valence-electron chi connectivity index (χ1n) is 9.01. The van der Waals surface area contributed by atoms with Crippen molar-refractivity contribution in [3.05, 3.63) is 82.2 Å². The Balaban J connectivity index is 1.62. The topological polar surface area (TPSA) is 64.4 Å². The lowest BCUT2D eigenvalue weighted by atomic mass is 10.1. The van der Waals surface area contributed by atoms with Crippen LogP contribution in [0.3, 0.4) is 0 Å². The van der Waals surface area contributed by atoms with Crippen molar-refractivity contribution in [2.45, 2.75) is 33.8 Å². The summed E-state index contributed by atoms with van der Waals surface area (Å²) in [5.41, 5.74) is 4.39. The number of amides is 1. The first-order chi connectivity index (χ1) is 13.0. The molecule has 0 saturated carbocycles. The van der Waals surface area contributed by atoms with Gasteiger partial charge < -0.3 is 14.6 Å². The van der Waals surface area contributed by atoms with Crippen LogP contribution in [0.15, 0.2) is 53.1 Å². The van der Waals surface area contributed by atoms with Gasteiger partial charge in [0, 0.05) is 6.54 Å². The summed E-state index contributed by atoms with van der Waals surface area (Å²) in [5, 5.41) is 6.82. The smallest absolute Gasteiger partial charge is 0.273 e. The van der Waals surface area contributed by atoms with E-state index in [2.05, 4.69) is 16.5 Å². The fourth-order valence-electron chi connectivity index (χ4n) is 2.96. The van der Waals surface area contributed by atoms with Crippen molar-refractivity contribution < 1.29 is 14.1 Å². The Morgan fingerprint density at radius 1 is 1.07 bits per heavy atom. The summed E-state index contributed by atoms with van der Waals surface area (Å²) in [6.07, 6.45) is 0.762. The molecule has 0 unspecified atom stereocenters. The number of nitrogens with zero attached hydrogens (tertiary/aromatic N) is 1. The second kappa shape index (κ2) is 8.54. The monoisotopic (exact) mass is 364 g/mol. The van der Waals surface area contributed by atoms with Crippen LogP contribution in [0.25, 0.3) is 0 Å².